The Bertz CT molecular complexity index is 859. The zero-order valence-corrected chi connectivity index (χ0v) is 13.9. The minimum atomic E-state index is 0.0947. The molecule has 3 aromatic rings. The second-order valence-electron chi connectivity index (χ2n) is 6.83. The van der Waals surface area contributed by atoms with E-state index in [-0.39, 0.29) is 11.9 Å². The number of benzene rings is 2. The first-order valence-electron chi connectivity index (χ1n) is 8.61. The van der Waals surface area contributed by atoms with Crippen LogP contribution in [0.4, 0.5) is 0 Å². The number of aryl methyl sites for hydroxylation is 1. The standard InChI is InChI=1S/C21H22N2O/c1-14-6-8-15(9-7-14)21(16-10-11-16)23-20(24)12-17-13-22-19-5-3-2-4-18(17)19/h2-9,13,16,21-22H,10-12H2,1H3,(H,23,24). The number of para-hydroxylation sites is 1. The molecule has 1 fully saturated rings. The van der Waals surface area contributed by atoms with E-state index in [2.05, 4.69) is 47.6 Å². The normalized spacial score (nSPS) is 15.4. The second-order valence-corrected chi connectivity index (χ2v) is 6.83. The predicted octanol–water partition coefficient (Wildman–Crippen LogP) is 4.29. The number of hydrogen-bond donors (Lipinski definition) is 2. The van der Waals surface area contributed by atoms with Crippen molar-refractivity contribution in [1.29, 1.82) is 0 Å². The molecule has 3 heteroatoms. The van der Waals surface area contributed by atoms with Crippen LogP contribution in [0.3, 0.4) is 0 Å². The van der Waals surface area contributed by atoms with Crippen LogP contribution in [0.5, 0.6) is 0 Å². The summed E-state index contributed by atoms with van der Waals surface area (Å²) in [6.45, 7) is 2.09. The van der Waals surface area contributed by atoms with Crippen molar-refractivity contribution in [1.82, 2.24) is 10.3 Å². The molecule has 1 unspecified atom stereocenters. The molecule has 1 aliphatic rings. The first-order valence-corrected chi connectivity index (χ1v) is 8.61. The maximum atomic E-state index is 12.6. The van der Waals surface area contributed by atoms with Gasteiger partial charge in [-0.1, -0.05) is 48.0 Å². The first-order chi connectivity index (χ1) is 11.7. The van der Waals surface area contributed by atoms with Crippen molar-refractivity contribution in [2.45, 2.75) is 32.2 Å². The van der Waals surface area contributed by atoms with Crippen molar-refractivity contribution >= 4 is 16.8 Å². The SMILES string of the molecule is Cc1ccc(C(NC(=O)Cc2c[nH]c3ccccc23)C2CC2)cc1. The molecule has 1 aliphatic carbocycles. The lowest BCUT2D eigenvalue weighted by molar-refractivity contribution is -0.121. The van der Waals surface area contributed by atoms with Crippen LogP contribution < -0.4 is 5.32 Å². The van der Waals surface area contributed by atoms with Gasteiger partial charge < -0.3 is 10.3 Å². The monoisotopic (exact) mass is 318 g/mol. The number of rotatable bonds is 5. The Labute approximate surface area is 142 Å². The molecule has 3 nitrogen and oxygen atoms in total. The van der Waals surface area contributed by atoms with Crippen molar-refractivity contribution in [2.75, 3.05) is 0 Å². The third kappa shape index (κ3) is 3.07. The molecule has 2 N–H and O–H groups in total. The molecule has 1 heterocycles. The molecule has 1 saturated carbocycles. The largest absolute Gasteiger partial charge is 0.361 e. The average Bonchev–Trinajstić information content (AvgIpc) is 3.36. The van der Waals surface area contributed by atoms with Crippen molar-refractivity contribution in [3.05, 3.63) is 71.4 Å². The maximum Gasteiger partial charge on any atom is 0.224 e. The summed E-state index contributed by atoms with van der Waals surface area (Å²) in [5.74, 6) is 0.678. The smallest absolute Gasteiger partial charge is 0.224 e. The molecule has 1 aromatic heterocycles. The van der Waals surface area contributed by atoms with Gasteiger partial charge in [0.1, 0.15) is 0 Å². The van der Waals surface area contributed by atoms with Crippen molar-refractivity contribution in [2.24, 2.45) is 5.92 Å². The van der Waals surface area contributed by atoms with Gasteiger partial charge in [0.15, 0.2) is 0 Å². The Morgan fingerprint density at radius 1 is 1.17 bits per heavy atom. The van der Waals surface area contributed by atoms with Gasteiger partial charge in [-0.25, -0.2) is 0 Å². The summed E-state index contributed by atoms with van der Waals surface area (Å²) >= 11 is 0. The maximum absolute atomic E-state index is 12.6. The molecule has 1 amide bonds. The Kier molecular flexibility index (Phi) is 3.85. The van der Waals surface area contributed by atoms with E-state index >= 15 is 0 Å². The highest BCUT2D eigenvalue weighted by atomic mass is 16.1. The number of carbonyl (C=O) groups excluding carboxylic acids is 1. The summed E-state index contributed by atoms with van der Waals surface area (Å²) in [4.78, 5) is 15.9. The van der Waals surface area contributed by atoms with Gasteiger partial charge in [-0.05, 0) is 42.9 Å². The van der Waals surface area contributed by atoms with Crippen LogP contribution >= 0.6 is 0 Å². The Balaban J connectivity index is 1.50. The summed E-state index contributed by atoms with van der Waals surface area (Å²) in [6, 6.07) is 16.8. The second kappa shape index (κ2) is 6.16. The van der Waals surface area contributed by atoms with Gasteiger partial charge in [0.05, 0.1) is 12.5 Å². The lowest BCUT2D eigenvalue weighted by Gasteiger charge is -2.19. The molecule has 0 radical (unpaired) electrons. The van der Waals surface area contributed by atoms with Gasteiger partial charge in [0, 0.05) is 17.1 Å². The summed E-state index contributed by atoms with van der Waals surface area (Å²) in [5.41, 5.74) is 4.60. The van der Waals surface area contributed by atoms with Crippen molar-refractivity contribution in [3.8, 4) is 0 Å². The van der Waals surface area contributed by atoms with Crippen LogP contribution in [0.15, 0.2) is 54.7 Å². The zero-order valence-electron chi connectivity index (χ0n) is 13.9. The molecule has 0 saturated heterocycles. The van der Waals surface area contributed by atoms with Gasteiger partial charge in [0.2, 0.25) is 5.91 Å². The number of H-pyrrole nitrogens is 1. The molecule has 1 atom stereocenters. The topological polar surface area (TPSA) is 44.9 Å². The Morgan fingerprint density at radius 3 is 2.67 bits per heavy atom. The van der Waals surface area contributed by atoms with Crippen LogP contribution in [0.2, 0.25) is 0 Å². The highest BCUT2D eigenvalue weighted by molar-refractivity contribution is 5.89. The van der Waals surface area contributed by atoms with Gasteiger partial charge >= 0.3 is 0 Å². The number of nitrogens with one attached hydrogen (secondary N) is 2. The lowest BCUT2D eigenvalue weighted by atomic mass is 10.0. The van der Waals surface area contributed by atoms with E-state index in [1.54, 1.807) is 0 Å². The van der Waals surface area contributed by atoms with Gasteiger partial charge in [-0.3, -0.25) is 4.79 Å². The fourth-order valence-electron chi connectivity index (χ4n) is 3.35. The van der Waals surface area contributed by atoms with E-state index in [4.69, 9.17) is 0 Å². The van der Waals surface area contributed by atoms with Gasteiger partial charge in [-0.2, -0.15) is 0 Å². The third-order valence-corrected chi connectivity index (χ3v) is 4.87. The summed E-state index contributed by atoms with van der Waals surface area (Å²) in [7, 11) is 0. The predicted molar refractivity (Wildman–Crippen MR) is 96.8 cm³/mol. The number of aromatic amines is 1. The fraction of sp³-hybridized carbons (Fsp3) is 0.286. The van der Waals surface area contributed by atoms with Gasteiger partial charge in [-0.15, -0.1) is 0 Å². The molecule has 24 heavy (non-hydrogen) atoms. The highest BCUT2D eigenvalue weighted by Gasteiger charge is 2.33. The summed E-state index contributed by atoms with van der Waals surface area (Å²) in [6.07, 6.45) is 4.76. The Hall–Kier alpha value is -2.55. The molecular weight excluding hydrogens is 296 g/mol. The molecule has 0 aliphatic heterocycles. The number of fused-ring (bicyclic) bond motifs is 1. The third-order valence-electron chi connectivity index (χ3n) is 4.87. The zero-order chi connectivity index (χ0) is 16.5. The van der Waals surface area contributed by atoms with E-state index < -0.39 is 0 Å². The van der Waals surface area contributed by atoms with E-state index in [9.17, 15) is 4.79 Å². The number of amides is 1. The first kappa shape index (κ1) is 15.0. The van der Waals surface area contributed by atoms with E-state index in [0.29, 0.717) is 12.3 Å². The molecule has 4 rings (SSSR count). The molecule has 2 aromatic carbocycles. The van der Waals surface area contributed by atoms with Crippen LogP contribution in [0.1, 0.15) is 35.6 Å². The molecule has 122 valence electrons. The molecule has 0 spiro atoms. The van der Waals surface area contributed by atoms with E-state index in [0.717, 1.165) is 16.5 Å². The quantitative estimate of drug-likeness (QED) is 0.724. The van der Waals surface area contributed by atoms with E-state index in [1.807, 2.05) is 24.4 Å². The van der Waals surface area contributed by atoms with Crippen LogP contribution in [0.25, 0.3) is 10.9 Å². The minimum absolute atomic E-state index is 0.0947. The molecular formula is C21H22N2O. The lowest BCUT2D eigenvalue weighted by Crippen LogP contribution is -2.31. The number of carbonyl (C=O) groups is 1. The van der Waals surface area contributed by atoms with E-state index in [1.165, 1.54) is 24.0 Å². The fourth-order valence-corrected chi connectivity index (χ4v) is 3.35. The van der Waals surface area contributed by atoms with Crippen LogP contribution in [-0.4, -0.2) is 10.9 Å². The summed E-state index contributed by atoms with van der Waals surface area (Å²) in [5, 5.41) is 4.40. The van der Waals surface area contributed by atoms with Gasteiger partial charge in [0.25, 0.3) is 0 Å². The van der Waals surface area contributed by atoms with Crippen molar-refractivity contribution < 1.29 is 4.79 Å². The Morgan fingerprint density at radius 2 is 1.92 bits per heavy atom. The highest BCUT2D eigenvalue weighted by Crippen LogP contribution is 2.41. The average molecular weight is 318 g/mol. The van der Waals surface area contributed by atoms with Crippen molar-refractivity contribution in [3.63, 3.8) is 0 Å². The molecule has 0 bridgehead atoms. The number of aromatic nitrogens is 1. The number of hydrogen-bond acceptors (Lipinski definition) is 1. The summed E-state index contributed by atoms with van der Waals surface area (Å²) < 4.78 is 0. The minimum Gasteiger partial charge on any atom is -0.361 e. The van der Waals surface area contributed by atoms with Crippen LogP contribution in [-0.2, 0) is 11.2 Å². The van der Waals surface area contributed by atoms with Crippen LogP contribution in [0, 0.1) is 12.8 Å².